The number of carbonyl (C=O) groups is 2. The molecule has 0 saturated carbocycles. The maximum absolute atomic E-state index is 12.5. The van der Waals surface area contributed by atoms with Gasteiger partial charge in [0.1, 0.15) is 5.75 Å². The number of aromatic amines is 1. The highest BCUT2D eigenvalue weighted by Crippen LogP contribution is 2.31. The minimum absolute atomic E-state index is 0.138. The van der Waals surface area contributed by atoms with E-state index in [2.05, 4.69) is 4.98 Å². The normalized spacial score (nSPS) is 12.1. The van der Waals surface area contributed by atoms with Gasteiger partial charge in [0.2, 0.25) is 0 Å². The fourth-order valence-corrected chi connectivity index (χ4v) is 2.93. The van der Waals surface area contributed by atoms with Crippen LogP contribution < -0.4 is 4.74 Å². The zero-order chi connectivity index (χ0) is 18.0. The van der Waals surface area contributed by atoms with Gasteiger partial charge in [-0.15, -0.1) is 0 Å². The zero-order valence-corrected chi connectivity index (χ0v) is 14.2. The molecule has 1 unspecified atom stereocenters. The van der Waals surface area contributed by atoms with Crippen LogP contribution in [0.1, 0.15) is 28.3 Å². The van der Waals surface area contributed by atoms with Crippen molar-refractivity contribution in [3.63, 3.8) is 0 Å². The third kappa shape index (κ3) is 3.51. The lowest BCUT2D eigenvalue weighted by molar-refractivity contribution is -0.138. The predicted molar refractivity (Wildman–Crippen MR) is 95.6 cm³/mol. The Kier molecular flexibility index (Phi) is 4.76. The SMILES string of the molecule is COc1ccc2[nH]cc(C(CC(=O)c3ccc(Cl)cc3)C(=O)O)c2c1. The number of carbonyl (C=O) groups excluding carboxylic acids is 1. The molecule has 0 fully saturated rings. The summed E-state index contributed by atoms with van der Waals surface area (Å²) in [6, 6.07) is 11.8. The molecule has 2 N–H and O–H groups in total. The Hall–Kier alpha value is -2.79. The van der Waals surface area contributed by atoms with Gasteiger partial charge in [0.15, 0.2) is 5.78 Å². The van der Waals surface area contributed by atoms with E-state index in [9.17, 15) is 14.7 Å². The van der Waals surface area contributed by atoms with Gasteiger partial charge in [0.25, 0.3) is 0 Å². The number of carboxylic acids is 1. The van der Waals surface area contributed by atoms with E-state index in [1.54, 1.807) is 49.7 Å². The monoisotopic (exact) mass is 357 g/mol. The van der Waals surface area contributed by atoms with Gasteiger partial charge < -0.3 is 14.8 Å². The number of halogens is 1. The smallest absolute Gasteiger partial charge is 0.311 e. The molecule has 1 aromatic heterocycles. The van der Waals surface area contributed by atoms with Crippen molar-refractivity contribution in [1.29, 1.82) is 0 Å². The largest absolute Gasteiger partial charge is 0.497 e. The molecule has 0 aliphatic carbocycles. The van der Waals surface area contributed by atoms with Gasteiger partial charge in [-0.05, 0) is 48.0 Å². The van der Waals surface area contributed by atoms with Gasteiger partial charge >= 0.3 is 5.97 Å². The standard InChI is InChI=1S/C19H16ClNO4/c1-25-13-6-7-17-14(8-13)16(10-21-17)15(19(23)24)9-18(22)11-2-4-12(20)5-3-11/h2-8,10,15,21H,9H2,1H3,(H,23,24). The van der Waals surface area contributed by atoms with E-state index in [4.69, 9.17) is 16.3 Å². The van der Waals surface area contributed by atoms with Gasteiger partial charge in [-0.3, -0.25) is 9.59 Å². The molecule has 3 aromatic rings. The topological polar surface area (TPSA) is 79.4 Å². The fourth-order valence-electron chi connectivity index (χ4n) is 2.81. The summed E-state index contributed by atoms with van der Waals surface area (Å²) >= 11 is 5.83. The summed E-state index contributed by atoms with van der Waals surface area (Å²) < 4.78 is 5.21. The van der Waals surface area contributed by atoms with Gasteiger partial charge in [-0.2, -0.15) is 0 Å². The Morgan fingerprint density at radius 1 is 1.20 bits per heavy atom. The van der Waals surface area contributed by atoms with Crippen LogP contribution >= 0.6 is 11.6 Å². The Balaban J connectivity index is 1.95. The number of H-pyrrole nitrogens is 1. The van der Waals surface area contributed by atoms with Crippen LogP contribution in [0.3, 0.4) is 0 Å². The van der Waals surface area contributed by atoms with Crippen LogP contribution in [-0.2, 0) is 4.79 Å². The van der Waals surface area contributed by atoms with Crippen molar-refractivity contribution in [1.82, 2.24) is 4.98 Å². The van der Waals surface area contributed by atoms with Crippen molar-refractivity contribution < 1.29 is 19.4 Å². The van der Waals surface area contributed by atoms with Crippen molar-refractivity contribution in [2.45, 2.75) is 12.3 Å². The second kappa shape index (κ2) is 6.99. The molecule has 0 aliphatic rings. The van der Waals surface area contributed by atoms with E-state index >= 15 is 0 Å². The number of methoxy groups -OCH3 is 1. The Labute approximate surface area is 149 Å². The van der Waals surface area contributed by atoms with Gasteiger partial charge in [0, 0.05) is 34.1 Å². The number of hydrogen-bond donors (Lipinski definition) is 2. The first-order valence-corrected chi connectivity index (χ1v) is 8.04. The van der Waals surface area contributed by atoms with Crippen molar-refractivity contribution >= 4 is 34.3 Å². The average Bonchev–Trinajstić information content (AvgIpc) is 3.02. The van der Waals surface area contributed by atoms with Gasteiger partial charge in [0.05, 0.1) is 13.0 Å². The maximum atomic E-state index is 12.5. The number of aromatic nitrogens is 1. The number of ketones is 1. The van der Waals surface area contributed by atoms with Crippen molar-refractivity contribution in [3.05, 3.63) is 64.8 Å². The number of rotatable bonds is 6. The molecule has 0 aliphatic heterocycles. The zero-order valence-electron chi connectivity index (χ0n) is 13.5. The van der Waals surface area contributed by atoms with E-state index in [1.165, 1.54) is 0 Å². The van der Waals surface area contributed by atoms with Crippen LogP contribution in [0.4, 0.5) is 0 Å². The fraction of sp³-hybridized carbons (Fsp3) is 0.158. The van der Waals surface area contributed by atoms with Crippen LogP contribution in [0.15, 0.2) is 48.7 Å². The van der Waals surface area contributed by atoms with E-state index in [-0.39, 0.29) is 12.2 Å². The molecular weight excluding hydrogens is 342 g/mol. The molecule has 3 rings (SSSR count). The summed E-state index contributed by atoms with van der Waals surface area (Å²) in [4.78, 5) is 27.3. The number of ether oxygens (including phenoxy) is 1. The lowest BCUT2D eigenvalue weighted by Crippen LogP contribution is -2.16. The minimum Gasteiger partial charge on any atom is -0.497 e. The summed E-state index contributed by atoms with van der Waals surface area (Å²) in [5.41, 5.74) is 1.79. The summed E-state index contributed by atoms with van der Waals surface area (Å²) in [6.07, 6.45) is 1.50. The average molecular weight is 358 g/mol. The second-order valence-corrected chi connectivity index (χ2v) is 6.12. The first kappa shape index (κ1) is 17.0. The molecule has 1 atom stereocenters. The molecule has 0 spiro atoms. The summed E-state index contributed by atoms with van der Waals surface area (Å²) in [7, 11) is 1.55. The number of carboxylic acid groups (broad SMARTS) is 1. The highest BCUT2D eigenvalue weighted by molar-refractivity contribution is 6.30. The first-order chi connectivity index (χ1) is 12.0. The van der Waals surface area contributed by atoms with E-state index < -0.39 is 11.9 Å². The van der Waals surface area contributed by atoms with Crippen LogP contribution in [0.25, 0.3) is 10.9 Å². The lowest BCUT2D eigenvalue weighted by atomic mass is 9.91. The molecule has 0 radical (unpaired) electrons. The first-order valence-electron chi connectivity index (χ1n) is 7.66. The number of nitrogens with one attached hydrogen (secondary N) is 1. The molecule has 5 nitrogen and oxygen atoms in total. The second-order valence-electron chi connectivity index (χ2n) is 5.68. The Bertz CT molecular complexity index is 930. The number of aliphatic carboxylic acids is 1. The minimum atomic E-state index is -1.05. The summed E-state index contributed by atoms with van der Waals surface area (Å²) in [5, 5.41) is 10.9. The number of hydrogen-bond acceptors (Lipinski definition) is 3. The predicted octanol–water partition coefficient (Wildman–Crippen LogP) is 4.27. The number of Topliss-reactive ketones (excluding diaryl/α,β-unsaturated/α-hetero) is 1. The molecule has 128 valence electrons. The van der Waals surface area contributed by atoms with Crippen molar-refractivity contribution in [2.75, 3.05) is 7.11 Å². The van der Waals surface area contributed by atoms with E-state index in [1.807, 2.05) is 6.07 Å². The summed E-state index contributed by atoms with van der Waals surface area (Å²) in [6.45, 7) is 0. The van der Waals surface area contributed by atoms with Crippen LogP contribution in [0, 0.1) is 0 Å². The van der Waals surface area contributed by atoms with Crippen molar-refractivity contribution in [2.24, 2.45) is 0 Å². The Morgan fingerprint density at radius 2 is 1.92 bits per heavy atom. The molecule has 0 saturated heterocycles. The van der Waals surface area contributed by atoms with E-state index in [0.717, 1.165) is 10.9 Å². The molecule has 0 amide bonds. The van der Waals surface area contributed by atoms with Crippen molar-refractivity contribution in [3.8, 4) is 5.75 Å². The maximum Gasteiger partial charge on any atom is 0.311 e. The molecule has 1 heterocycles. The highest BCUT2D eigenvalue weighted by atomic mass is 35.5. The van der Waals surface area contributed by atoms with Crippen LogP contribution in [-0.4, -0.2) is 29.0 Å². The van der Waals surface area contributed by atoms with Gasteiger partial charge in [-0.1, -0.05) is 11.6 Å². The molecule has 0 bridgehead atoms. The lowest BCUT2D eigenvalue weighted by Gasteiger charge is -2.11. The van der Waals surface area contributed by atoms with Crippen LogP contribution in [0.2, 0.25) is 5.02 Å². The number of fused-ring (bicyclic) bond motifs is 1. The molecule has 6 heteroatoms. The molecule has 2 aromatic carbocycles. The number of benzene rings is 2. The van der Waals surface area contributed by atoms with E-state index in [0.29, 0.717) is 21.9 Å². The third-order valence-corrected chi connectivity index (χ3v) is 4.40. The highest BCUT2D eigenvalue weighted by Gasteiger charge is 2.26. The quantitative estimate of drug-likeness (QED) is 0.645. The third-order valence-electron chi connectivity index (χ3n) is 4.15. The molecule has 25 heavy (non-hydrogen) atoms. The van der Waals surface area contributed by atoms with Gasteiger partial charge in [-0.25, -0.2) is 0 Å². The Morgan fingerprint density at radius 3 is 2.56 bits per heavy atom. The summed E-state index contributed by atoms with van der Waals surface area (Å²) in [5.74, 6) is -1.63. The van der Waals surface area contributed by atoms with Crippen LogP contribution in [0.5, 0.6) is 5.75 Å². The molecular formula is C19H16ClNO4.